The number of hydrogen-bond donors (Lipinski definition) is 2. The standard InChI is InChI=1S/C10H14N4O/c1-15-6-2-4-11-9-8-3-5-12-10(8)14-7-13-9/h3,5,7H,2,4,6H2,1H3,(H2,11,12,13,14). The highest BCUT2D eigenvalue weighted by Gasteiger charge is 2.02. The lowest BCUT2D eigenvalue weighted by molar-refractivity contribution is 0.198. The second-order valence-electron chi connectivity index (χ2n) is 3.24. The lowest BCUT2D eigenvalue weighted by atomic mass is 10.3. The molecule has 2 aromatic heterocycles. The Morgan fingerprint density at radius 2 is 2.40 bits per heavy atom. The van der Waals surface area contributed by atoms with E-state index in [0.717, 1.165) is 36.4 Å². The van der Waals surface area contributed by atoms with Crippen LogP contribution in [-0.2, 0) is 4.74 Å². The Balaban J connectivity index is 2.04. The highest BCUT2D eigenvalue weighted by molar-refractivity contribution is 5.86. The predicted molar refractivity (Wildman–Crippen MR) is 58.9 cm³/mol. The maximum atomic E-state index is 4.97. The van der Waals surface area contributed by atoms with Gasteiger partial charge in [0.15, 0.2) is 0 Å². The molecule has 0 aliphatic rings. The maximum Gasteiger partial charge on any atom is 0.142 e. The molecule has 2 rings (SSSR count). The second-order valence-corrected chi connectivity index (χ2v) is 3.24. The molecule has 0 fully saturated rings. The van der Waals surface area contributed by atoms with Gasteiger partial charge in [-0.2, -0.15) is 0 Å². The third-order valence-electron chi connectivity index (χ3n) is 2.17. The second kappa shape index (κ2) is 4.75. The van der Waals surface area contributed by atoms with Gasteiger partial charge in [0.05, 0.1) is 5.39 Å². The summed E-state index contributed by atoms with van der Waals surface area (Å²) in [5.41, 5.74) is 0.860. The van der Waals surface area contributed by atoms with E-state index in [-0.39, 0.29) is 0 Å². The van der Waals surface area contributed by atoms with Crippen LogP contribution in [-0.4, -0.2) is 35.2 Å². The molecule has 2 aromatic rings. The number of aromatic nitrogens is 3. The zero-order valence-electron chi connectivity index (χ0n) is 8.66. The van der Waals surface area contributed by atoms with E-state index in [4.69, 9.17) is 4.74 Å². The van der Waals surface area contributed by atoms with Crippen LogP contribution >= 0.6 is 0 Å². The van der Waals surface area contributed by atoms with E-state index in [1.54, 1.807) is 13.4 Å². The summed E-state index contributed by atoms with van der Waals surface area (Å²) in [6.07, 6.45) is 4.38. The van der Waals surface area contributed by atoms with Crippen molar-refractivity contribution < 1.29 is 4.74 Å². The minimum absolute atomic E-state index is 0.758. The lowest BCUT2D eigenvalue weighted by Crippen LogP contribution is -2.06. The number of nitrogens with zero attached hydrogens (tertiary/aromatic N) is 2. The molecule has 0 atom stereocenters. The third-order valence-corrected chi connectivity index (χ3v) is 2.17. The smallest absolute Gasteiger partial charge is 0.142 e. The minimum Gasteiger partial charge on any atom is -0.385 e. The average molecular weight is 206 g/mol. The number of anilines is 1. The fourth-order valence-electron chi connectivity index (χ4n) is 1.44. The highest BCUT2D eigenvalue weighted by Crippen LogP contribution is 2.16. The van der Waals surface area contributed by atoms with Gasteiger partial charge >= 0.3 is 0 Å². The summed E-state index contributed by atoms with van der Waals surface area (Å²) in [5.74, 6) is 0.873. The largest absolute Gasteiger partial charge is 0.385 e. The molecule has 0 saturated carbocycles. The topological polar surface area (TPSA) is 62.8 Å². The molecule has 0 radical (unpaired) electrons. The number of methoxy groups -OCH3 is 1. The normalized spacial score (nSPS) is 10.7. The van der Waals surface area contributed by atoms with Gasteiger partial charge in [-0.15, -0.1) is 0 Å². The molecule has 2 heterocycles. The monoisotopic (exact) mass is 206 g/mol. The van der Waals surface area contributed by atoms with E-state index in [9.17, 15) is 0 Å². The molecule has 0 aliphatic heterocycles. The summed E-state index contributed by atoms with van der Waals surface area (Å²) in [6, 6.07) is 1.97. The van der Waals surface area contributed by atoms with Crippen LogP contribution in [0.3, 0.4) is 0 Å². The molecule has 0 aromatic carbocycles. The Morgan fingerprint density at radius 3 is 3.27 bits per heavy atom. The van der Waals surface area contributed by atoms with E-state index in [1.165, 1.54) is 0 Å². The van der Waals surface area contributed by atoms with Crippen LogP contribution in [0.2, 0.25) is 0 Å². The van der Waals surface area contributed by atoms with Crippen LogP contribution in [0.1, 0.15) is 6.42 Å². The number of fused-ring (bicyclic) bond motifs is 1. The van der Waals surface area contributed by atoms with Gasteiger partial charge in [-0.3, -0.25) is 0 Å². The Bertz CT molecular complexity index is 426. The van der Waals surface area contributed by atoms with Crippen molar-refractivity contribution in [3.8, 4) is 0 Å². The fraction of sp³-hybridized carbons (Fsp3) is 0.400. The molecule has 80 valence electrons. The van der Waals surface area contributed by atoms with Gasteiger partial charge in [-0.25, -0.2) is 9.97 Å². The average Bonchev–Trinajstić information content (AvgIpc) is 2.73. The molecule has 5 nitrogen and oxygen atoms in total. The van der Waals surface area contributed by atoms with E-state index >= 15 is 0 Å². The molecule has 15 heavy (non-hydrogen) atoms. The maximum absolute atomic E-state index is 4.97. The fourth-order valence-corrected chi connectivity index (χ4v) is 1.44. The van der Waals surface area contributed by atoms with Gasteiger partial charge in [0, 0.05) is 26.5 Å². The number of nitrogens with one attached hydrogen (secondary N) is 2. The molecule has 0 amide bonds. The zero-order chi connectivity index (χ0) is 10.5. The summed E-state index contributed by atoms with van der Waals surface area (Å²) in [5, 5.41) is 4.28. The molecular formula is C10H14N4O. The lowest BCUT2D eigenvalue weighted by Gasteiger charge is -2.05. The molecule has 2 N–H and O–H groups in total. The third kappa shape index (κ3) is 2.24. The number of H-pyrrole nitrogens is 1. The van der Waals surface area contributed by atoms with Gasteiger partial charge < -0.3 is 15.0 Å². The van der Waals surface area contributed by atoms with Gasteiger partial charge in [0.25, 0.3) is 0 Å². The van der Waals surface area contributed by atoms with E-state index < -0.39 is 0 Å². The van der Waals surface area contributed by atoms with Crippen LogP contribution in [0.25, 0.3) is 11.0 Å². The van der Waals surface area contributed by atoms with Crippen LogP contribution in [0, 0.1) is 0 Å². The number of aromatic amines is 1. The van der Waals surface area contributed by atoms with Crippen LogP contribution in [0.4, 0.5) is 5.82 Å². The summed E-state index contributed by atoms with van der Waals surface area (Å²) in [4.78, 5) is 11.4. The van der Waals surface area contributed by atoms with Gasteiger partial charge in [0.1, 0.15) is 17.8 Å². The summed E-state index contributed by atoms with van der Waals surface area (Å²) in [6.45, 7) is 1.61. The first kappa shape index (κ1) is 9.92. The van der Waals surface area contributed by atoms with Crippen molar-refractivity contribution >= 4 is 16.9 Å². The summed E-state index contributed by atoms with van der Waals surface area (Å²) in [7, 11) is 1.70. The van der Waals surface area contributed by atoms with Crippen LogP contribution < -0.4 is 5.32 Å². The first-order valence-corrected chi connectivity index (χ1v) is 4.92. The number of hydrogen-bond acceptors (Lipinski definition) is 4. The van der Waals surface area contributed by atoms with Crippen molar-refractivity contribution in [2.45, 2.75) is 6.42 Å². The molecule has 0 aliphatic carbocycles. The number of ether oxygens (including phenoxy) is 1. The zero-order valence-corrected chi connectivity index (χ0v) is 8.66. The quantitative estimate of drug-likeness (QED) is 0.726. The SMILES string of the molecule is COCCCNc1ncnc2[nH]ccc12. The Labute approximate surface area is 87.9 Å². The van der Waals surface area contributed by atoms with Gasteiger partial charge in [0.2, 0.25) is 0 Å². The van der Waals surface area contributed by atoms with Crippen molar-refractivity contribution in [1.29, 1.82) is 0 Å². The van der Waals surface area contributed by atoms with E-state index in [0.29, 0.717) is 0 Å². The van der Waals surface area contributed by atoms with Crippen molar-refractivity contribution in [2.24, 2.45) is 0 Å². The first-order valence-electron chi connectivity index (χ1n) is 4.92. The summed E-state index contributed by atoms with van der Waals surface area (Å²) < 4.78 is 4.97. The Kier molecular flexibility index (Phi) is 3.14. The van der Waals surface area contributed by atoms with Crippen molar-refractivity contribution in [1.82, 2.24) is 15.0 Å². The van der Waals surface area contributed by atoms with Crippen LogP contribution in [0.5, 0.6) is 0 Å². The van der Waals surface area contributed by atoms with E-state index in [1.807, 2.05) is 12.3 Å². The molecule has 5 heteroatoms. The summed E-state index contributed by atoms with van der Waals surface area (Å²) >= 11 is 0. The molecule has 0 bridgehead atoms. The van der Waals surface area contributed by atoms with Crippen molar-refractivity contribution in [3.05, 3.63) is 18.6 Å². The minimum atomic E-state index is 0.758. The molecule has 0 saturated heterocycles. The van der Waals surface area contributed by atoms with Crippen LogP contribution in [0.15, 0.2) is 18.6 Å². The molecule has 0 spiro atoms. The predicted octanol–water partition coefficient (Wildman–Crippen LogP) is 1.41. The van der Waals surface area contributed by atoms with Gasteiger partial charge in [-0.05, 0) is 12.5 Å². The Morgan fingerprint density at radius 1 is 1.47 bits per heavy atom. The van der Waals surface area contributed by atoms with E-state index in [2.05, 4.69) is 20.3 Å². The van der Waals surface area contributed by atoms with Crippen molar-refractivity contribution in [3.63, 3.8) is 0 Å². The number of rotatable bonds is 5. The first-order chi connectivity index (χ1) is 7.42. The van der Waals surface area contributed by atoms with Gasteiger partial charge in [-0.1, -0.05) is 0 Å². The molecule has 0 unspecified atom stereocenters. The van der Waals surface area contributed by atoms with Crippen molar-refractivity contribution in [2.75, 3.05) is 25.6 Å². The molecular weight excluding hydrogens is 192 g/mol. The highest BCUT2D eigenvalue weighted by atomic mass is 16.5. The Hall–Kier alpha value is -1.62.